The predicted molar refractivity (Wildman–Crippen MR) is 64.3 cm³/mol. The molecule has 4 nitrogen and oxygen atoms in total. The van der Waals surface area contributed by atoms with Gasteiger partial charge in [-0.25, -0.2) is 0 Å². The maximum atomic E-state index is 11.8. The average molecular weight is 242 g/mol. The molecule has 1 aliphatic carbocycles. The summed E-state index contributed by atoms with van der Waals surface area (Å²) < 4.78 is 0.336. The first-order valence-electron chi connectivity index (χ1n) is 5.74. The van der Waals surface area contributed by atoms with Gasteiger partial charge in [-0.1, -0.05) is 0 Å². The fourth-order valence-electron chi connectivity index (χ4n) is 2.08. The lowest BCUT2D eigenvalue weighted by molar-refractivity contribution is -0.138. The molecule has 2 amide bonds. The van der Waals surface area contributed by atoms with Crippen LogP contribution in [-0.4, -0.2) is 46.8 Å². The zero-order chi connectivity index (χ0) is 11.8. The first-order chi connectivity index (χ1) is 7.62. The van der Waals surface area contributed by atoms with E-state index >= 15 is 0 Å². The summed E-state index contributed by atoms with van der Waals surface area (Å²) in [5, 5.41) is 3.25. The summed E-state index contributed by atoms with van der Waals surface area (Å²) >= 11 is 1.86. The van der Waals surface area contributed by atoms with E-state index in [2.05, 4.69) is 11.6 Å². The number of thioether (sulfide) groups is 1. The Bertz CT molecular complexity index is 315. The van der Waals surface area contributed by atoms with Crippen molar-refractivity contribution in [2.45, 2.75) is 37.0 Å². The molecule has 90 valence electrons. The number of imide groups is 1. The van der Waals surface area contributed by atoms with Crippen molar-refractivity contribution in [1.29, 1.82) is 0 Å². The Labute approximate surface area is 100 Å². The van der Waals surface area contributed by atoms with E-state index in [9.17, 15) is 9.59 Å². The number of carbonyl (C=O) groups is 2. The van der Waals surface area contributed by atoms with Crippen molar-refractivity contribution in [3.05, 3.63) is 0 Å². The number of carbonyl (C=O) groups excluding carboxylic acids is 2. The molecule has 1 aliphatic heterocycles. The summed E-state index contributed by atoms with van der Waals surface area (Å²) in [7, 11) is 0. The molecule has 1 saturated carbocycles. The number of hydrogen-bond donors (Lipinski definition) is 1. The van der Waals surface area contributed by atoms with Gasteiger partial charge in [0.05, 0.1) is 12.5 Å². The van der Waals surface area contributed by atoms with E-state index in [-0.39, 0.29) is 17.9 Å². The van der Waals surface area contributed by atoms with Crippen LogP contribution < -0.4 is 5.32 Å². The second-order valence-corrected chi connectivity index (χ2v) is 5.78. The topological polar surface area (TPSA) is 49.4 Å². The zero-order valence-electron chi connectivity index (χ0n) is 9.78. The third kappa shape index (κ3) is 2.11. The van der Waals surface area contributed by atoms with Gasteiger partial charge in [-0.3, -0.25) is 14.5 Å². The van der Waals surface area contributed by atoms with Gasteiger partial charge in [0, 0.05) is 17.8 Å². The molecule has 0 aromatic heterocycles. The minimum atomic E-state index is -0.280. The largest absolute Gasteiger partial charge is 0.304 e. The standard InChI is InChI=1S/C11H18N2O2S/c1-3-13-9(14)6-8(10(13)15)12-7-11(16-2)4-5-11/h8,12H,3-7H2,1-2H3. The number of amides is 2. The highest BCUT2D eigenvalue weighted by Crippen LogP contribution is 2.46. The maximum Gasteiger partial charge on any atom is 0.246 e. The van der Waals surface area contributed by atoms with Gasteiger partial charge in [0.2, 0.25) is 11.8 Å². The van der Waals surface area contributed by atoms with Gasteiger partial charge >= 0.3 is 0 Å². The number of nitrogens with zero attached hydrogens (tertiary/aromatic N) is 1. The van der Waals surface area contributed by atoms with Crippen LogP contribution in [0.3, 0.4) is 0 Å². The second-order valence-electron chi connectivity index (χ2n) is 4.50. The van der Waals surface area contributed by atoms with Gasteiger partial charge in [-0.05, 0) is 26.0 Å². The fourth-order valence-corrected chi connectivity index (χ4v) is 2.81. The molecule has 2 aliphatic rings. The fraction of sp³-hybridized carbons (Fsp3) is 0.818. The highest BCUT2D eigenvalue weighted by molar-refractivity contribution is 8.00. The van der Waals surface area contributed by atoms with E-state index in [1.165, 1.54) is 17.7 Å². The lowest BCUT2D eigenvalue weighted by atomic mass is 10.2. The van der Waals surface area contributed by atoms with Crippen LogP contribution in [-0.2, 0) is 9.59 Å². The van der Waals surface area contributed by atoms with Crippen LogP contribution in [0, 0.1) is 0 Å². The first-order valence-corrected chi connectivity index (χ1v) is 6.97. The molecule has 0 radical (unpaired) electrons. The van der Waals surface area contributed by atoms with Crippen molar-refractivity contribution in [3.8, 4) is 0 Å². The van der Waals surface area contributed by atoms with Gasteiger partial charge in [0.1, 0.15) is 0 Å². The van der Waals surface area contributed by atoms with Crippen molar-refractivity contribution in [2.24, 2.45) is 0 Å². The van der Waals surface area contributed by atoms with Crippen LogP contribution >= 0.6 is 11.8 Å². The molecule has 2 rings (SSSR count). The Morgan fingerprint density at radius 1 is 1.50 bits per heavy atom. The van der Waals surface area contributed by atoms with Gasteiger partial charge in [-0.2, -0.15) is 11.8 Å². The zero-order valence-corrected chi connectivity index (χ0v) is 10.6. The summed E-state index contributed by atoms with van der Waals surface area (Å²) in [4.78, 5) is 24.6. The monoisotopic (exact) mass is 242 g/mol. The Morgan fingerprint density at radius 2 is 2.19 bits per heavy atom. The quantitative estimate of drug-likeness (QED) is 0.718. The molecule has 0 spiro atoms. The molecule has 0 aromatic rings. The van der Waals surface area contributed by atoms with Gasteiger partial charge < -0.3 is 5.32 Å². The number of rotatable bonds is 5. The molecule has 1 atom stereocenters. The number of hydrogen-bond acceptors (Lipinski definition) is 4. The Hall–Kier alpha value is -0.550. The highest BCUT2D eigenvalue weighted by Gasteiger charge is 2.44. The van der Waals surface area contributed by atoms with Crippen LogP contribution in [0.5, 0.6) is 0 Å². The minimum absolute atomic E-state index is 0.0426. The number of likely N-dealkylation sites (tertiary alicyclic amines) is 1. The second kappa shape index (κ2) is 4.37. The molecule has 5 heteroatoms. The summed E-state index contributed by atoms with van der Waals surface area (Å²) in [5.74, 6) is -0.0941. The van der Waals surface area contributed by atoms with Crippen LogP contribution in [0.15, 0.2) is 0 Å². The van der Waals surface area contributed by atoms with Gasteiger partial charge in [-0.15, -0.1) is 0 Å². The molecule has 1 unspecified atom stereocenters. The number of nitrogens with one attached hydrogen (secondary N) is 1. The maximum absolute atomic E-state index is 11.8. The van der Waals surface area contributed by atoms with Gasteiger partial charge in [0.15, 0.2) is 0 Å². The van der Waals surface area contributed by atoms with Crippen molar-refractivity contribution >= 4 is 23.6 Å². The summed E-state index contributed by atoms with van der Waals surface area (Å²) in [6, 6.07) is -0.280. The number of likely N-dealkylation sites (N-methyl/N-ethyl adjacent to an activating group) is 1. The first kappa shape index (κ1) is 11.9. The van der Waals surface area contributed by atoms with Crippen molar-refractivity contribution in [1.82, 2.24) is 10.2 Å². The van der Waals surface area contributed by atoms with Crippen LogP contribution in [0.4, 0.5) is 0 Å². The minimum Gasteiger partial charge on any atom is -0.304 e. The SMILES string of the molecule is CCN1C(=O)CC(NCC2(SC)CC2)C1=O. The molecule has 0 bridgehead atoms. The summed E-state index contributed by atoms with van der Waals surface area (Å²) in [5.41, 5.74) is 0. The Kier molecular flexibility index (Phi) is 3.26. The highest BCUT2D eigenvalue weighted by atomic mass is 32.2. The molecule has 1 N–H and O–H groups in total. The van der Waals surface area contributed by atoms with E-state index in [0.29, 0.717) is 17.7 Å². The smallest absolute Gasteiger partial charge is 0.246 e. The van der Waals surface area contributed by atoms with Crippen molar-refractivity contribution in [3.63, 3.8) is 0 Å². The molecule has 1 saturated heterocycles. The van der Waals surface area contributed by atoms with Crippen molar-refractivity contribution < 1.29 is 9.59 Å². The Morgan fingerprint density at radius 3 is 2.62 bits per heavy atom. The summed E-state index contributed by atoms with van der Waals surface area (Å²) in [6.07, 6.45) is 4.87. The van der Waals surface area contributed by atoms with E-state index in [1.807, 2.05) is 18.7 Å². The lowest BCUT2D eigenvalue weighted by Gasteiger charge is -2.17. The Balaban J connectivity index is 1.87. The van der Waals surface area contributed by atoms with Crippen LogP contribution in [0.25, 0.3) is 0 Å². The lowest BCUT2D eigenvalue weighted by Crippen LogP contribution is -2.41. The van der Waals surface area contributed by atoms with Crippen LogP contribution in [0.2, 0.25) is 0 Å². The average Bonchev–Trinajstić information content (AvgIpc) is 3.00. The van der Waals surface area contributed by atoms with E-state index in [1.54, 1.807) is 0 Å². The molecule has 2 fully saturated rings. The molecular formula is C11H18N2O2S. The van der Waals surface area contributed by atoms with Crippen molar-refractivity contribution in [2.75, 3.05) is 19.3 Å². The van der Waals surface area contributed by atoms with E-state index in [0.717, 1.165) is 6.54 Å². The van der Waals surface area contributed by atoms with Crippen LogP contribution in [0.1, 0.15) is 26.2 Å². The molecular weight excluding hydrogens is 224 g/mol. The van der Waals surface area contributed by atoms with E-state index < -0.39 is 0 Å². The third-order valence-electron chi connectivity index (χ3n) is 3.47. The summed E-state index contributed by atoms with van der Waals surface area (Å²) in [6.45, 7) is 3.17. The molecule has 16 heavy (non-hydrogen) atoms. The normalized spacial score (nSPS) is 27.6. The van der Waals surface area contributed by atoms with E-state index in [4.69, 9.17) is 0 Å². The third-order valence-corrected chi connectivity index (χ3v) is 4.89. The molecule has 1 heterocycles. The predicted octanol–water partition coefficient (Wildman–Crippen LogP) is 0.619. The van der Waals surface area contributed by atoms with Gasteiger partial charge in [0.25, 0.3) is 0 Å². The molecule has 0 aromatic carbocycles.